The summed E-state index contributed by atoms with van der Waals surface area (Å²) in [6.07, 6.45) is 0. The molecule has 128 valence electrons. The van der Waals surface area contributed by atoms with E-state index in [2.05, 4.69) is 23.4 Å². The molecule has 6 nitrogen and oxygen atoms in total. The van der Waals surface area contributed by atoms with Gasteiger partial charge in [0.25, 0.3) is 0 Å². The fraction of sp³-hybridized carbons (Fsp3) is 0.706. The minimum absolute atomic E-state index is 0.000185. The number of nitrogens with one attached hydrogen (secondary N) is 1. The van der Waals surface area contributed by atoms with Crippen LogP contribution in [0.5, 0.6) is 0 Å². The van der Waals surface area contributed by atoms with Crippen LogP contribution in [0, 0.1) is 31.6 Å². The molecule has 1 fully saturated rings. The van der Waals surface area contributed by atoms with E-state index >= 15 is 0 Å². The molecule has 0 aliphatic carbocycles. The lowest BCUT2D eigenvalue weighted by Gasteiger charge is -2.39. The highest BCUT2D eigenvalue weighted by atomic mass is 16.2. The maximum absolute atomic E-state index is 12.1. The number of rotatable bonds is 6. The summed E-state index contributed by atoms with van der Waals surface area (Å²) >= 11 is 0. The van der Waals surface area contributed by atoms with Crippen LogP contribution in [-0.4, -0.2) is 46.1 Å². The first-order valence-electron chi connectivity index (χ1n) is 8.35. The number of hydrogen-bond acceptors (Lipinski definition) is 3. The topological polar surface area (TPSA) is 67.2 Å². The van der Waals surface area contributed by atoms with Crippen LogP contribution in [-0.2, 0) is 16.1 Å². The van der Waals surface area contributed by atoms with Gasteiger partial charge >= 0.3 is 0 Å². The van der Waals surface area contributed by atoms with E-state index in [1.165, 1.54) is 0 Å². The molecule has 0 spiro atoms. The summed E-state index contributed by atoms with van der Waals surface area (Å²) < 4.78 is 1.98. The average molecular weight is 320 g/mol. The molecule has 23 heavy (non-hydrogen) atoms. The van der Waals surface area contributed by atoms with E-state index < -0.39 is 0 Å². The van der Waals surface area contributed by atoms with Crippen LogP contribution in [0.1, 0.15) is 32.2 Å². The summed E-state index contributed by atoms with van der Waals surface area (Å²) in [4.78, 5) is 25.7. The quantitative estimate of drug-likeness (QED) is 0.861. The van der Waals surface area contributed by atoms with Crippen molar-refractivity contribution in [1.82, 2.24) is 20.0 Å². The third kappa shape index (κ3) is 4.33. The number of amides is 2. The van der Waals surface area contributed by atoms with E-state index in [0.717, 1.165) is 17.9 Å². The van der Waals surface area contributed by atoms with E-state index in [4.69, 9.17) is 0 Å². The highest BCUT2D eigenvalue weighted by Crippen LogP contribution is 2.18. The Morgan fingerprint density at radius 1 is 1.30 bits per heavy atom. The molecule has 0 radical (unpaired) electrons. The van der Waals surface area contributed by atoms with Crippen LogP contribution < -0.4 is 5.32 Å². The largest absolute Gasteiger partial charge is 0.355 e. The van der Waals surface area contributed by atoms with Crippen molar-refractivity contribution in [2.75, 3.05) is 19.6 Å². The van der Waals surface area contributed by atoms with Gasteiger partial charge in [0, 0.05) is 37.8 Å². The summed E-state index contributed by atoms with van der Waals surface area (Å²) in [5, 5.41) is 7.45. The smallest absolute Gasteiger partial charge is 0.226 e. The molecule has 1 aromatic heterocycles. The Labute approximate surface area is 138 Å². The van der Waals surface area contributed by atoms with Gasteiger partial charge in [-0.25, -0.2) is 0 Å². The van der Waals surface area contributed by atoms with Gasteiger partial charge < -0.3 is 10.2 Å². The lowest BCUT2D eigenvalue weighted by molar-refractivity contribution is -0.145. The summed E-state index contributed by atoms with van der Waals surface area (Å²) in [6, 6.07) is 2.06. The maximum Gasteiger partial charge on any atom is 0.226 e. The lowest BCUT2D eigenvalue weighted by atomic mass is 9.97. The SMILES string of the molecule is Cc1cc(C)n(C[C@H](C)CNC(=O)C2CN(C(=O)C(C)C)C2)n1. The van der Waals surface area contributed by atoms with Crippen molar-refractivity contribution in [3.63, 3.8) is 0 Å². The van der Waals surface area contributed by atoms with Gasteiger partial charge in [0.1, 0.15) is 0 Å². The molecule has 0 unspecified atom stereocenters. The van der Waals surface area contributed by atoms with Crippen LogP contribution >= 0.6 is 0 Å². The second-order valence-electron chi connectivity index (χ2n) is 7.05. The van der Waals surface area contributed by atoms with Crippen molar-refractivity contribution in [2.45, 2.75) is 41.2 Å². The molecule has 1 aliphatic rings. The molecule has 2 heterocycles. The minimum Gasteiger partial charge on any atom is -0.355 e. The normalized spacial score (nSPS) is 16.3. The standard InChI is InChI=1S/C17H28N4O2/c1-11(2)17(23)20-9-15(10-20)16(22)18-7-12(3)8-21-14(5)6-13(4)19-21/h6,11-12,15H,7-10H2,1-5H3,(H,18,22)/t12-/m1/s1. The fourth-order valence-corrected chi connectivity index (χ4v) is 2.83. The third-order valence-corrected chi connectivity index (χ3v) is 4.27. The second kappa shape index (κ2) is 7.15. The number of carbonyl (C=O) groups excluding carboxylic acids is 2. The molecule has 1 atom stereocenters. The molecule has 0 aromatic carbocycles. The Morgan fingerprint density at radius 2 is 1.96 bits per heavy atom. The molecule has 6 heteroatoms. The summed E-state index contributed by atoms with van der Waals surface area (Å²) in [5.74, 6) is 0.439. The van der Waals surface area contributed by atoms with Crippen molar-refractivity contribution in [3.05, 3.63) is 17.5 Å². The predicted molar refractivity (Wildman–Crippen MR) is 88.8 cm³/mol. The van der Waals surface area contributed by atoms with Gasteiger partial charge in [0.15, 0.2) is 0 Å². The number of aromatic nitrogens is 2. The number of aryl methyl sites for hydroxylation is 2. The van der Waals surface area contributed by atoms with Gasteiger partial charge in [0.05, 0.1) is 11.6 Å². The monoisotopic (exact) mass is 320 g/mol. The number of likely N-dealkylation sites (tertiary alicyclic amines) is 1. The predicted octanol–water partition coefficient (Wildman–Crippen LogP) is 1.37. The Bertz CT molecular complexity index is 573. The number of hydrogen-bond donors (Lipinski definition) is 1. The maximum atomic E-state index is 12.1. The van der Waals surface area contributed by atoms with Gasteiger partial charge in [-0.3, -0.25) is 14.3 Å². The Balaban J connectivity index is 1.71. The second-order valence-corrected chi connectivity index (χ2v) is 7.05. The molecule has 1 saturated heterocycles. The van der Waals surface area contributed by atoms with E-state index in [0.29, 0.717) is 25.6 Å². The zero-order valence-corrected chi connectivity index (χ0v) is 14.8. The van der Waals surface area contributed by atoms with Crippen molar-refractivity contribution in [1.29, 1.82) is 0 Å². The molecule has 2 amide bonds. The zero-order chi connectivity index (χ0) is 17.1. The minimum atomic E-state index is -0.0569. The average Bonchev–Trinajstić information content (AvgIpc) is 2.72. The summed E-state index contributed by atoms with van der Waals surface area (Å²) in [5.41, 5.74) is 2.16. The highest BCUT2D eigenvalue weighted by molar-refractivity contribution is 5.85. The summed E-state index contributed by atoms with van der Waals surface area (Å²) in [6.45, 7) is 12.4. The Morgan fingerprint density at radius 3 is 2.48 bits per heavy atom. The molecule has 1 aliphatic heterocycles. The van der Waals surface area contributed by atoms with Gasteiger partial charge in [-0.1, -0.05) is 20.8 Å². The van der Waals surface area contributed by atoms with E-state index in [9.17, 15) is 9.59 Å². The first-order chi connectivity index (χ1) is 10.8. The summed E-state index contributed by atoms with van der Waals surface area (Å²) in [7, 11) is 0. The van der Waals surface area contributed by atoms with E-state index in [1.807, 2.05) is 32.4 Å². The van der Waals surface area contributed by atoms with Crippen LogP contribution in [0.3, 0.4) is 0 Å². The van der Waals surface area contributed by atoms with Gasteiger partial charge in [-0.15, -0.1) is 0 Å². The molecular formula is C17H28N4O2. The highest BCUT2D eigenvalue weighted by Gasteiger charge is 2.36. The molecule has 0 saturated carbocycles. The van der Waals surface area contributed by atoms with Gasteiger partial charge in [-0.2, -0.15) is 5.10 Å². The van der Waals surface area contributed by atoms with E-state index in [1.54, 1.807) is 4.90 Å². The van der Waals surface area contributed by atoms with Gasteiger partial charge in [0.2, 0.25) is 11.8 Å². The van der Waals surface area contributed by atoms with Crippen molar-refractivity contribution in [3.8, 4) is 0 Å². The molecule has 2 rings (SSSR count). The van der Waals surface area contributed by atoms with E-state index in [-0.39, 0.29) is 23.7 Å². The van der Waals surface area contributed by atoms with Crippen molar-refractivity contribution >= 4 is 11.8 Å². The molecule has 0 bridgehead atoms. The molecule has 1 N–H and O–H groups in total. The van der Waals surface area contributed by atoms with Crippen LogP contribution in [0.2, 0.25) is 0 Å². The van der Waals surface area contributed by atoms with Crippen molar-refractivity contribution in [2.24, 2.45) is 17.8 Å². The number of carbonyl (C=O) groups is 2. The first-order valence-corrected chi connectivity index (χ1v) is 8.35. The fourth-order valence-electron chi connectivity index (χ4n) is 2.83. The van der Waals surface area contributed by atoms with Gasteiger partial charge in [-0.05, 0) is 25.8 Å². The van der Waals surface area contributed by atoms with Crippen LogP contribution in [0.25, 0.3) is 0 Å². The Hall–Kier alpha value is -1.85. The lowest BCUT2D eigenvalue weighted by Crippen LogP contribution is -2.57. The Kier molecular flexibility index (Phi) is 5.44. The number of nitrogens with zero attached hydrogens (tertiary/aromatic N) is 3. The first kappa shape index (κ1) is 17.5. The van der Waals surface area contributed by atoms with Crippen LogP contribution in [0.15, 0.2) is 6.07 Å². The van der Waals surface area contributed by atoms with Crippen LogP contribution in [0.4, 0.5) is 0 Å². The third-order valence-electron chi connectivity index (χ3n) is 4.27. The molecular weight excluding hydrogens is 292 g/mol. The van der Waals surface area contributed by atoms with Crippen molar-refractivity contribution < 1.29 is 9.59 Å². The molecule has 1 aromatic rings. The zero-order valence-electron chi connectivity index (χ0n) is 14.8.